The summed E-state index contributed by atoms with van der Waals surface area (Å²) >= 11 is 0. The van der Waals surface area contributed by atoms with E-state index in [0.29, 0.717) is 41.6 Å². The molecule has 2 aliphatic heterocycles. The molecule has 3 aromatic rings. The predicted molar refractivity (Wildman–Crippen MR) is 125 cm³/mol. The molecule has 1 N–H and O–H groups in total. The van der Waals surface area contributed by atoms with Gasteiger partial charge in [-0.2, -0.15) is 13.2 Å². The fourth-order valence-corrected chi connectivity index (χ4v) is 4.88. The summed E-state index contributed by atoms with van der Waals surface area (Å²) in [5.41, 5.74) is 0.673. The molecule has 1 aromatic carbocycles. The number of benzene rings is 1. The van der Waals surface area contributed by atoms with Crippen molar-refractivity contribution in [2.75, 3.05) is 41.3 Å². The number of rotatable bonds is 5. The smallest absolute Gasteiger partial charge is 0.366 e. The van der Waals surface area contributed by atoms with Crippen LogP contribution in [0.3, 0.4) is 0 Å². The minimum absolute atomic E-state index is 0.0185. The van der Waals surface area contributed by atoms with Crippen molar-refractivity contribution in [3.8, 4) is 0 Å². The van der Waals surface area contributed by atoms with Gasteiger partial charge in [0.05, 0.1) is 28.1 Å². The SMILES string of the molecule is Cn1c(N2C[C@H](F)C[C@@H](Nc3ncc(C(F)(F)F)cn3)C2)nc2cc([N+](=O)[O-])c(N3CCCC3)cc21. The Balaban J connectivity index is 1.41. The number of aryl methyl sites for hydroxylation is 1. The molecule has 2 saturated heterocycles. The third-order valence-corrected chi connectivity index (χ3v) is 6.59. The molecule has 192 valence electrons. The number of anilines is 3. The van der Waals surface area contributed by atoms with Crippen molar-refractivity contribution in [3.63, 3.8) is 0 Å². The highest BCUT2D eigenvalue weighted by molar-refractivity contribution is 5.88. The van der Waals surface area contributed by atoms with Crippen LogP contribution in [0.15, 0.2) is 24.5 Å². The average Bonchev–Trinajstić information content (AvgIpc) is 3.46. The molecule has 2 fully saturated rings. The number of hydrogen-bond donors (Lipinski definition) is 1. The summed E-state index contributed by atoms with van der Waals surface area (Å²) in [7, 11) is 1.77. The van der Waals surface area contributed by atoms with E-state index in [9.17, 15) is 27.7 Å². The minimum atomic E-state index is -4.55. The highest BCUT2D eigenvalue weighted by Gasteiger charge is 2.33. The highest BCUT2D eigenvalue weighted by Crippen LogP contribution is 2.36. The molecule has 0 spiro atoms. The van der Waals surface area contributed by atoms with E-state index in [-0.39, 0.29) is 24.6 Å². The number of nitrogens with zero attached hydrogens (tertiary/aromatic N) is 7. The molecule has 14 heteroatoms. The standard InChI is InChI=1S/C22H24F4N8O2/c1-31-17-8-18(32-4-2-3-5-32)19(34(35)36)7-16(17)30-21(31)33-11-14(23)6-15(12-33)29-20-27-9-13(10-28-20)22(24,25)26/h7-10,14-15H,2-6,11-12H2,1H3,(H,27,28,29)/t14-,15-/m1/s1. The molecule has 2 aliphatic rings. The van der Waals surface area contributed by atoms with Crippen LogP contribution in [0.1, 0.15) is 24.8 Å². The second-order valence-corrected chi connectivity index (χ2v) is 9.12. The van der Waals surface area contributed by atoms with Gasteiger partial charge in [0.2, 0.25) is 11.9 Å². The number of fused-ring (bicyclic) bond motifs is 1. The largest absolute Gasteiger partial charge is 0.419 e. The summed E-state index contributed by atoms with van der Waals surface area (Å²) in [5, 5.41) is 14.7. The Morgan fingerprint density at radius 2 is 1.81 bits per heavy atom. The summed E-state index contributed by atoms with van der Waals surface area (Å²) < 4.78 is 54.8. The summed E-state index contributed by atoms with van der Waals surface area (Å²) in [6, 6.07) is 2.73. The summed E-state index contributed by atoms with van der Waals surface area (Å²) in [6.45, 7) is 1.84. The summed E-state index contributed by atoms with van der Waals surface area (Å²) in [6.07, 6.45) is -2.37. The first-order valence-corrected chi connectivity index (χ1v) is 11.5. The van der Waals surface area contributed by atoms with Crippen LogP contribution in [-0.4, -0.2) is 62.8 Å². The summed E-state index contributed by atoms with van der Waals surface area (Å²) in [5.74, 6) is 0.415. The van der Waals surface area contributed by atoms with Crippen LogP contribution in [0.25, 0.3) is 11.0 Å². The normalized spacial score (nSPS) is 20.8. The van der Waals surface area contributed by atoms with Crippen LogP contribution < -0.4 is 15.1 Å². The molecule has 36 heavy (non-hydrogen) atoms. The van der Waals surface area contributed by atoms with Crippen molar-refractivity contribution in [1.29, 1.82) is 0 Å². The number of piperidine rings is 1. The van der Waals surface area contributed by atoms with Gasteiger partial charge in [0.15, 0.2) is 0 Å². The fraction of sp³-hybridized carbons (Fsp3) is 0.500. The van der Waals surface area contributed by atoms with Gasteiger partial charge in [-0.1, -0.05) is 0 Å². The number of hydrogen-bond acceptors (Lipinski definition) is 8. The molecule has 4 heterocycles. The first-order chi connectivity index (χ1) is 17.1. The first kappa shape index (κ1) is 24.0. The van der Waals surface area contributed by atoms with E-state index < -0.39 is 28.9 Å². The first-order valence-electron chi connectivity index (χ1n) is 11.5. The van der Waals surface area contributed by atoms with E-state index in [1.165, 1.54) is 6.07 Å². The van der Waals surface area contributed by atoms with Crippen molar-refractivity contribution in [2.45, 2.75) is 37.7 Å². The van der Waals surface area contributed by atoms with Crippen molar-refractivity contribution >= 4 is 34.3 Å². The zero-order chi connectivity index (χ0) is 25.6. The van der Waals surface area contributed by atoms with Crippen LogP contribution in [0, 0.1) is 10.1 Å². The molecule has 0 radical (unpaired) electrons. The van der Waals surface area contributed by atoms with E-state index in [4.69, 9.17) is 0 Å². The van der Waals surface area contributed by atoms with Gasteiger partial charge in [0.1, 0.15) is 11.9 Å². The Hall–Kier alpha value is -3.71. The van der Waals surface area contributed by atoms with E-state index in [1.807, 2.05) is 4.90 Å². The van der Waals surface area contributed by atoms with Gasteiger partial charge in [0, 0.05) is 57.6 Å². The number of nitro benzene ring substituents is 1. The van der Waals surface area contributed by atoms with E-state index in [2.05, 4.69) is 20.3 Å². The van der Waals surface area contributed by atoms with Crippen LogP contribution in [-0.2, 0) is 13.2 Å². The lowest BCUT2D eigenvalue weighted by Gasteiger charge is -2.35. The third kappa shape index (κ3) is 4.58. The van der Waals surface area contributed by atoms with Gasteiger partial charge in [-0.15, -0.1) is 0 Å². The van der Waals surface area contributed by atoms with Crippen LogP contribution in [0.5, 0.6) is 0 Å². The molecule has 0 unspecified atom stereocenters. The molecule has 0 amide bonds. The fourth-order valence-electron chi connectivity index (χ4n) is 4.88. The Morgan fingerprint density at radius 3 is 2.44 bits per heavy atom. The Bertz CT molecular complexity index is 1270. The molecular formula is C22H24F4N8O2. The Labute approximate surface area is 203 Å². The van der Waals surface area contributed by atoms with Crippen molar-refractivity contribution in [3.05, 3.63) is 40.2 Å². The average molecular weight is 508 g/mol. The van der Waals surface area contributed by atoms with Gasteiger partial charge in [-0.25, -0.2) is 19.3 Å². The van der Waals surface area contributed by atoms with Gasteiger partial charge in [0.25, 0.3) is 5.69 Å². The lowest BCUT2D eigenvalue weighted by Crippen LogP contribution is -2.48. The second kappa shape index (κ2) is 9.06. The monoisotopic (exact) mass is 508 g/mol. The Kier molecular flexibility index (Phi) is 6.04. The van der Waals surface area contributed by atoms with Crippen molar-refractivity contribution < 1.29 is 22.5 Å². The zero-order valence-electron chi connectivity index (χ0n) is 19.4. The maximum absolute atomic E-state index is 14.7. The zero-order valence-corrected chi connectivity index (χ0v) is 19.4. The van der Waals surface area contributed by atoms with E-state index in [1.54, 1.807) is 22.6 Å². The molecule has 5 rings (SSSR count). The Morgan fingerprint density at radius 1 is 1.11 bits per heavy atom. The maximum atomic E-state index is 14.7. The van der Waals surface area contributed by atoms with Crippen molar-refractivity contribution in [1.82, 2.24) is 19.5 Å². The molecule has 0 bridgehead atoms. The molecular weight excluding hydrogens is 484 g/mol. The number of aromatic nitrogens is 4. The van der Waals surface area contributed by atoms with Gasteiger partial charge >= 0.3 is 6.18 Å². The summed E-state index contributed by atoms with van der Waals surface area (Å²) in [4.78, 5) is 27.1. The lowest BCUT2D eigenvalue weighted by atomic mass is 10.0. The number of imidazole rings is 1. The van der Waals surface area contributed by atoms with Crippen LogP contribution >= 0.6 is 0 Å². The number of nitro groups is 1. The lowest BCUT2D eigenvalue weighted by molar-refractivity contribution is -0.384. The van der Waals surface area contributed by atoms with Gasteiger partial charge in [-0.05, 0) is 18.9 Å². The van der Waals surface area contributed by atoms with E-state index in [0.717, 1.165) is 25.9 Å². The predicted octanol–water partition coefficient (Wildman–Crippen LogP) is 3.92. The van der Waals surface area contributed by atoms with Crippen molar-refractivity contribution in [2.24, 2.45) is 7.05 Å². The third-order valence-electron chi connectivity index (χ3n) is 6.59. The van der Waals surface area contributed by atoms with Gasteiger partial charge in [-0.3, -0.25) is 10.1 Å². The number of nitrogens with one attached hydrogen (secondary N) is 1. The quantitative estimate of drug-likeness (QED) is 0.314. The molecule has 2 atom stereocenters. The maximum Gasteiger partial charge on any atom is 0.419 e. The molecule has 10 nitrogen and oxygen atoms in total. The number of alkyl halides is 4. The minimum Gasteiger partial charge on any atom is -0.366 e. The molecule has 0 aliphatic carbocycles. The highest BCUT2D eigenvalue weighted by atomic mass is 19.4. The topological polar surface area (TPSA) is 105 Å². The second-order valence-electron chi connectivity index (χ2n) is 9.12. The van der Waals surface area contributed by atoms with E-state index >= 15 is 0 Å². The molecule has 2 aromatic heterocycles. The molecule has 0 saturated carbocycles. The van der Waals surface area contributed by atoms with Crippen LogP contribution in [0.4, 0.5) is 40.8 Å². The van der Waals surface area contributed by atoms with Gasteiger partial charge < -0.3 is 19.7 Å². The number of halogens is 4. The van der Waals surface area contributed by atoms with Crippen LogP contribution in [0.2, 0.25) is 0 Å².